The van der Waals surface area contributed by atoms with Gasteiger partial charge < -0.3 is 14.7 Å². The molecule has 5 nitrogen and oxygen atoms in total. The largest absolute Gasteiger partial charge is 0.507 e. The number of hydrogen-bond acceptors (Lipinski definition) is 5. The molecule has 1 aromatic carbocycles. The van der Waals surface area contributed by atoms with Crippen molar-refractivity contribution in [3.05, 3.63) is 40.2 Å². The number of benzene rings is 1. The van der Waals surface area contributed by atoms with Crippen LogP contribution in [-0.4, -0.2) is 10.3 Å². The Labute approximate surface area is 84.5 Å². The molecule has 0 radical (unpaired) electrons. The van der Waals surface area contributed by atoms with Crippen LogP contribution in [0.15, 0.2) is 33.5 Å². The molecule has 0 aliphatic rings. The Hall–Kier alpha value is -1.85. The lowest BCUT2D eigenvalue weighted by atomic mass is 10.1. The van der Waals surface area contributed by atoms with E-state index in [0.29, 0.717) is 10.9 Å². The maximum absolute atomic E-state index is 11.0. The second-order valence-electron chi connectivity index (χ2n) is 3.07. The molecule has 2 aromatic rings. The van der Waals surface area contributed by atoms with Gasteiger partial charge in [-0.3, -0.25) is 0 Å². The van der Waals surface area contributed by atoms with Gasteiger partial charge in [-0.05, 0) is 18.2 Å². The summed E-state index contributed by atoms with van der Waals surface area (Å²) < 4.78 is 4.96. The monoisotopic (exact) mass is 207 g/mol. The first-order valence-electron chi connectivity index (χ1n) is 4.34. The lowest BCUT2D eigenvalue weighted by Gasteiger charge is -2.05. The third kappa shape index (κ3) is 1.70. The minimum atomic E-state index is -0.493. The van der Waals surface area contributed by atoms with Crippen LogP contribution in [0.3, 0.4) is 0 Å². The van der Waals surface area contributed by atoms with Gasteiger partial charge in [0.15, 0.2) is 0 Å². The molecule has 15 heavy (non-hydrogen) atoms. The van der Waals surface area contributed by atoms with Crippen LogP contribution in [-0.2, 0) is 6.54 Å². The highest BCUT2D eigenvalue weighted by Crippen LogP contribution is 2.25. The molecular formula is C10H9NO4. The maximum atomic E-state index is 11.0. The van der Waals surface area contributed by atoms with Crippen LogP contribution in [0.4, 0.5) is 0 Å². The number of nitrogens with one attached hydrogen (secondary N) is 1. The third-order valence-corrected chi connectivity index (χ3v) is 2.12. The van der Waals surface area contributed by atoms with Crippen LogP contribution < -0.4 is 11.1 Å². The van der Waals surface area contributed by atoms with E-state index in [-0.39, 0.29) is 17.9 Å². The fraction of sp³-hybridized carbons (Fsp3) is 0.100. The summed E-state index contributed by atoms with van der Waals surface area (Å²) in [6, 6.07) is 6.01. The van der Waals surface area contributed by atoms with Crippen molar-refractivity contribution in [1.82, 2.24) is 5.48 Å². The third-order valence-electron chi connectivity index (χ3n) is 2.12. The van der Waals surface area contributed by atoms with Crippen LogP contribution >= 0.6 is 0 Å². The molecule has 0 atom stereocenters. The Kier molecular flexibility index (Phi) is 2.40. The van der Waals surface area contributed by atoms with E-state index in [1.807, 2.05) is 5.48 Å². The second-order valence-corrected chi connectivity index (χ2v) is 3.07. The highest BCUT2D eigenvalue weighted by Gasteiger charge is 2.08. The number of rotatable bonds is 2. The molecular weight excluding hydrogens is 198 g/mol. The molecule has 0 saturated carbocycles. The summed E-state index contributed by atoms with van der Waals surface area (Å²) in [7, 11) is 0. The van der Waals surface area contributed by atoms with Gasteiger partial charge in [0.05, 0.1) is 12.1 Å². The summed E-state index contributed by atoms with van der Waals surface area (Å²) in [6.45, 7) is 0.0100. The van der Waals surface area contributed by atoms with E-state index in [9.17, 15) is 9.90 Å². The fourth-order valence-corrected chi connectivity index (χ4v) is 1.43. The van der Waals surface area contributed by atoms with Crippen molar-refractivity contribution in [2.45, 2.75) is 6.54 Å². The van der Waals surface area contributed by atoms with Gasteiger partial charge in [0.2, 0.25) is 0 Å². The predicted molar refractivity (Wildman–Crippen MR) is 52.8 cm³/mol. The van der Waals surface area contributed by atoms with Gasteiger partial charge in [-0.2, -0.15) is 0 Å². The molecule has 0 fully saturated rings. The minimum Gasteiger partial charge on any atom is -0.507 e. The molecule has 1 aromatic heterocycles. The Morgan fingerprint density at radius 2 is 2.00 bits per heavy atom. The van der Waals surface area contributed by atoms with E-state index in [2.05, 4.69) is 0 Å². The quantitative estimate of drug-likeness (QED) is 0.505. The summed E-state index contributed by atoms with van der Waals surface area (Å²) >= 11 is 0. The molecule has 0 saturated heterocycles. The lowest BCUT2D eigenvalue weighted by molar-refractivity contribution is 0.160. The number of hydrogen-bond donors (Lipinski definition) is 3. The SMILES string of the molecule is O=c1ccc2ccc(O)c(CNO)c2o1. The maximum Gasteiger partial charge on any atom is 0.336 e. The average Bonchev–Trinajstić information content (AvgIpc) is 2.23. The Morgan fingerprint density at radius 1 is 1.27 bits per heavy atom. The van der Waals surface area contributed by atoms with Crippen LogP contribution in [0, 0.1) is 0 Å². The summed E-state index contributed by atoms with van der Waals surface area (Å²) in [5.74, 6) is -0.0293. The van der Waals surface area contributed by atoms with Gasteiger partial charge in [0.25, 0.3) is 0 Å². The molecule has 0 aliphatic carbocycles. The van der Waals surface area contributed by atoms with Crippen LogP contribution in [0.5, 0.6) is 5.75 Å². The molecule has 0 amide bonds. The molecule has 0 aliphatic heterocycles. The predicted octanol–water partition coefficient (Wildman–Crippen LogP) is 0.977. The number of hydroxylamine groups is 1. The van der Waals surface area contributed by atoms with Crippen LogP contribution in [0.25, 0.3) is 11.0 Å². The molecule has 0 bridgehead atoms. The van der Waals surface area contributed by atoms with E-state index in [0.717, 1.165) is 0 Å². The molecule has 2 rings (SSSR count). The van der Waals surface area contributed by atoms with Gasteiger partial charge in [-0.25, -0.2) is 10.3 Å². The zero-order valence-electron chi connectivity index (χ0n) is 7.73. The molecule has 0 spiro atoms. The Bertz CT molecular complexity index is 547. The molecule has 5 heteroatoms. The normalized spacial score (nSPS) is 10.7. The number of aromatic hydroxyl groups is 1. The lowest BCUT2D eigenvalue weighted by Crippen LogP contribution is -2.07. The molecule has 0 unspecified atom stereocenters. The standard InChI is InChI=1S/C10H9NO4/c12-8-3-1-6-2-4-9(13)15-10(6)7(8)5-11-14/h1-4,11-12,14H,5H2. The van der Waals surface area contributed by atoms with E-state index >= 15 is 0 Å². The van der Waals surface area contributed by atoms with Crippen molar-refractivity contribution in [3.8, 4) is 5.75 Å². The number of fused-ring (bicyclic) bond motifs is 1. The van der Waals surface area contributed by atoms with Crippen molar-refractivity contribution >= 4 is 11.0 Å². The summed E-state index contributed by atoms with van der Waals surface area (Å²) in [5.41, 5.74) is 2.06. The molecule has 3 N–H and O–H groups in total. The molecule has 1 heterocycles. The van der Waals surface area contributed by atoms with Crippen LogP contribution in [0.2, 0.25) is 0 Å². The average molecular weight is 207 g/mol. The van der Waals surface area contributed by atoms with Gasteiger partial charge in [0, 0.05) is 11.5 Å². The van der Waals surface area contributed by atoms with Crippen molar-refractivity contribution in [1.29, 1.82) is 0 Å². The highest BCUT2D eigenvalue weighted by atomic mass is 16.5. The fourth-order valence-electron chi connectivity index (χ4n) is 1.43. The van der Waals surface area contributed by atoms with Crippen molar-refractivity contribution < 1.29 is 14.7 Å². The zero-order valence-corrected chi connectivity index (χ0v) is 7.73. The van der Waals surface area contributed by atoms with Crippen LogP contribution in [0.1, 0.15) is 5.56 Å². The van der Waals surface area contributed by atoms with Crippen molar-refractivity contribution in [3.63, 3.8) is 0 Å². The smallest absolute Gasteiger partial charge is 0.336 e. The van der Waals surface area contributed by atoms with Gasteiger partial charge >= 0.3 is 5.63 Å². The van der Waals surface area contributed by atoms with Gasteiger partial charge in [-0.15, -0.1) is 0 Å². The highest BCUT2D eigenvalue weighted by molar-refractivity contribution is 5.81. The summed E-state index contributed by atoms with van der Waals surface area (Å²) in [6.07, 6.45) is 0. The van der Waals surface area contributed by atoms with E-state index in [4.69, 9.17) is 9.62 Å². The summed E-state index contributed by atoms with van der Waals surface area (Å²) in [5, 5.41) is 18.8. The topological polar surface area (TPSA) is 82.7 Å². The van der Waals surface area contributed by atoms with E-state index in [1.165, 1.54) is 12.1 Å². The van der Waals surface area contributed by atoms with Crippen molar-refractivity contribution in [2.24, 2.45) is 0 Å². The van der Waals surface area contributed by atoms with E-state index in [1.54, 1.807) is 12.1 Å². The molecule has 78 valence electrons. The van der Waals surface area contributed by atoms with Crippen molar-refractivity contribution in [2.75, 3.05) is 0 Å². The minimum absolute atomic E-state index is 0.0100. The van der Waals surface area contributed by atoms with E-state index < -0.39 is 5.63 Å². The zero-order chi connectivity index (χ0) is 10.8. The first-order chi connectivity index (χ1) is 7.22. The second kappa shape index (κ2) is 3.72. The number of phenolic OH excluding ortho intramolecular Hbond substituents is 1. The van der Waals surface area contributed by atoms with Gasteiger partial charge in [0.1, 0.15) is 11.3 Å². The Balaban J connectivity index is 2.78. The first kappa shape index (κ1) is 9.70. The number of phenols is 1. The van der Waals surface area contributed by atoms with Gasteiger partial charge in [-0.1, -0.05) is 0 Å². The summed E-state index contributed by atoms with van der Waals surface area (Å²) in [4.78, 5) is 11.0. The first-order valence-corrected chi connectivity index (χ1v) is 4.34. The Morgan fingerprint density at radius 3 is 2.73 bits per heavy atom.